The van der Waals surface area contributed by atoms with Crippen LogP contribution < -0.4 is 14.5 Å². The van der Waals surface area contributed by atoms with Gasteiger partial charge in [-0.15, -0.1) is 0 Å². The van der Waals surface area contributed by atoms with Gasteiger partial charge in [-0.1, -0.05) is 16.8 Å². The maximum atomic E-state index is 10.8. The van der Waals surface area contributed by atoms with Gasteiger partial charge in [0.1, 0.15) is 11.7 Å². The van der Waals surface area contributed by atoms with Gasteiger partial charge in [-0.25, -0.2) is 0 Å². The molecule has 0 aliphatic carbocycles. The van der Waals surface area contributed by atoms with Crippen LogP contribution in [0.2, 0.25) is 0 Å². The molecule has 0 N–H and O–H groups in total. The third kappa shape index (κ3) is 2.07. The van der Waals surface area contributed by atoms with Gasteiger partial charge in [0.05, 0.1) is 17.9 Å². The van der Waals surface area contributed by atoms with Crippen molar-refractivity contribution in [3.8, 4) is 11.7 Å². The molecule has 2 rings (SSSR count). The smallest absolute Gasteiger partial charge is 0.221 e. The first-order valence-corrected chi connectivity index (χ1v) is 4.45. The third-order valence-corrected chi connectivity index (χ3v) is 2.01. The predicted molar refractivity (Wildman–Crippen MR) is 48.2 cm³/mol. The average Bonchev–Trinajstić information content (AvgIpc) is 2.65. The number of hydrogen-bond donors (Lipinski definition) is 0. The standard InChI is InChI=1S/C10H10N2O3/c1-14-9-5-3-2-4-8(9)6-12-7-10(13)15-11-12/h2-5,7H,6H2,1H3. The van der Waals surface area contributed by atoms with Crippen LogP contribution in [0, 0.1) is 0 Å². The second-order valence-corrected chi connectivity index (χ2v) is 3.03. The van der Waals surface area contributed by atoms with Crippen LogP contribution >= 0.6 is 0 Å². The molecule has 2 aromatic rings. The molecule has 0 saturated heterocycles. The summed E-state index contributed by atoms with van der Waals surface area (Å²) in [7, 11) is 1.60. The van der Waals surface area contributed by atoms with Crippen molar-refractivity contribution in [1.82, 2.24) is 5.27 Å². The number of aromatic nitrogens is 2. The molecular weight excluding hydrogens is 196 g/mol. The largest absolute Gasteiger partial charge is 0.539 e. The quantitative estimate of drug-likeness (QED) is 0.668. The number of methoxy groups -OCH3 is 1. The van der Waals surface area contributed by atoms with Gasteiger partial charge < -0.3 is 14.4 Å². The van der Waals surface area contributed by atoms with Gasteiger partial charge in [-0.2, -0.15) is 0 Å². The van der Waals surface area contributed by atoms with E-state index in [-0.39, 0.29) is 0 Å². The zero-order chi connectivity index (χ0) is 10.7. The summed E-state index contributed by atoms with van der Waals surface area (Å²) < 4.78 is 11.0. The fourth-order valence-corrected chi connectivity index (χ4v) is 1.34. The first-order chi connectivity index (χ1) is 7.29. The molecule has 1 aromatic heterocycles. The lowest BCUT2D eigenvalue weighted by Crippen LogP contribution is -2.35. The molecule has 15 heavy (non-hydrogen) atoms. The lowest BCUT2D eigenvalue weighted by atomic mass is 10.2. The highest BCUT2D eigenvalue weighted by Crippen LogP contribution is 2.16. The summed E-state index contributed by atoms with van der Waals surface area (Å²) >= 11 is 0. The maximum Gasteiger partial charge on any atom is 0.221 e. The summed E-state index contributed by atoms with van der Waals surface area (Å²) in [6.07, 6.45) is 1.30. The second kappa shape index (κ2) is 4.00. The Balaban J connectivity index is 2.23. The number of para-hydroxylation sites is 1. The van der Waals surface area contributed by atoms with Crippen LogP contribution in [0.4, 0.5) is 0 Å². The first-order valence-electron chi connectivity index (χ1n) is 4.45. The van der Waals surface area contributed by atoms with Crippen LogP contribution in [0.3, 0.4) is 0 Å². The van der Waals surface area contributed by atoms with Crippen molar-refractivity contribution in [3.05, 3.63) is 36.0 Å². The fraction of sp³-hybridized carbons (Fsp3) is 0.200. The number of nitrogens with zero attached hydrogens (tertiary/aromatic N) is 2. The highest BCUT2D eigenvalue weighted by Gasteiger charge is 2.09. The third-order valence-electron chi connectivity index (χ3n) is 2.01. The second-order valence-electron chi connectivity index (χ2n) is 3.03. The van der Waals surface area contributed by atoms with Crippen molar-refractivity contribution < 1.29 is 19.0 Å². The Kier molecular flexibility index (Phi) is 2.53. The molecule has 0 spiro atoms. The van der Waals surface area contributed by atoms with Gasteiger partial charge in [-0.3, -0.25) is 0 Å². The predicted octanol–water partition coefficient (Wildman–Crippen LogP) is 0.0926. The van der Waals surface area contributed by atoms with E-state index in [2.05, 4.69) is 9.79 Å². The highest BCUT2D eigenvalue weighted by molar-refractivity contribution is 5.32. The maximum absolute atomic E-state index is 10.8. The van der Waals surface area contributed by atoms with Crippen molar-refractivity contribution >= 4 is 0 Å². The van der Waals surface area contributed by atoms with E-state index >= 15 is 0 Å². The van der Waals surface area contributed by atoms with Crippen LogP contribution in [-0.2, 0) is 6.54 Å². The molecule has 5 nitrogen and oxygen atoms in total. The average molecular weight is 206 g/mol. The van der Waals surface area contributed by atoms with Crippen molar-refractivity contribution in [2.24, 2.45) is 0 Å². The Morgan fingerprint density at radius 2 is 2.27 bits per heavy atom. The van der Waals surface area contributed by atoms with Crippen LogP contribution in [0.25, 0.3) is 0 Å². The number of benzene rings is 1. The summed E-state index contributed by atoms with van der Waals surface area (Å²) in [6, 6.07) is 7.55. The molecule has 0 unspecified atom stereocenters. The summed E-state index contributed by atoms with van der Waals surface area (Å²) in [5, 5.41) is 14.3. The molecule has 0 bridgehead atoms. The molecule has 0 aliphatic rings. The van der Waals surface area contributed by atoms with E-state index < -0.39 is 5.95 Å². The number of ether oxygens (including phenoxy) is 1. The molecule has 1 heterocycles. The van der Waals surface area contributed by atoms with E-state index in [4.69, 9.17) is 4.74 Å². The molecule has 0 fully saturated rings. The normalized spacial score (nSPS) is 10.2. The minimum absolute atomic E-state index is 0.454. The molecule has 5 heteroatoms. The van der Waals surface area contributed by atoms with E-state index in [1.165, 1.54) is 10.9 Å². The molecule has 0 saturated carbocycles. The Bertz CT molecular complexity index is 453. The van der Waals surface area contributed by atoms with Gasteiger partial charge in [-0.05, 0) is 12.1 Å². The van der Waals surface area contributed by atoms with E-state index in [0.29, 0.717) is 6.54 Å². The number of rotatable bonds is 3. The SMILES string of the molecule is COc1ccccc1C[n+]1cc([O-])on1. The minimum Gasteiger partial charge on any atom is -0.539 e. The Morgan fingerprint density at radius 3 is 2.93 bits per heavy atom. The first kappa shape index (κ1) is 9.51. The molecule has 0 amide bonds. The molecule has 0 atom stereocenters. The summed E-state index contributed by atoms with van der Waals surface area (Å²) in [6.45, 7) is 0.454. The van der Waals surface area contributed by atoms with Gasteiger partial charge >= 0.3 is 0 Å². The van der Waals surface area contributed by atoms with E-state index in [1.807, 2.05) is 24.3 Å². The van der Waals surface area contributed by atoms with Gasteiger partial charge in [0.25, 0.3) is 0 Å². The van der Waals surface area contributed by atoms with Crippen molar-refractivity contribution in [3.63, 3.8) is 0 Å². The fourth-order valence-electron chi connectivity index (χ4n) is 1.34. The Hall–Kier alpha value is -2.04. The van der Waals surface area contributed by atoms with E-state index in [1.54, 1.807) is 7.11 Å². The minimum atomic E-state index is -0.454. The summed E-state index contributed by atoms with van der Waals surface area (Å²) in [5.74, 6) is 0.311. The number of hydrogen-bond acceptors (Lipinski definition) is 4. The van der Waals surface area contributed by atoms with Crippen molar-refractivity contribution in [2.45, 2.75) is 6.54 Å². The lowest BCUT2D eigenvalue weighted by molar-refractivity contribution is -0.754. The molecule has 0 aliphatic heterocycles. The zero-order valence-electron chi connectivity index (χ0n) is 8.21. The van der Waals surface area contributed by atoms with Crippen LogP contribution in [-0.4, -0.2) is 12.4 Å². The Morgan fingerprint density at radius 1 is 1.47 bits per heavy atom. The van der Waals surface area contributed by atoms with Crippen molar-refractivity contribution in [1.29, 1.82) is 0 Å². The van der Waals surface area contributed by atoms with Crippen LogP contribution in [0.1, 0.15) is 5.56 Å². The molecule has 1 aromatic carbocycles. The monoisotopic (exact) mass is 206 g/mol. The molecule has 0 radical (unpaired) electrons. The lowest BCUT2D eigenvalue weighted by Gasteiger charge is -2.02. The van der Waals surface area contributed by atoms with Crippen molar-refractivity contribution in [2.75, 3.05) is 7.11 Å². The van der Waals surface area contributed by atoms with Gasteiger partial charge in [0.15, 0.2) is 0 Å². The topological polar surface area (TPSA) is 62.2 Å². The molecule has 78 valence electrons. The van der Waals surface area contributed by atoms with Gasteiger partial charge in [0, 0.05) is 0 Å². The summed E-state index contributed by atoms with van der Waals surface area (Å²) in [4.78, 5) is 0. The van der Waals surface area contributed by atoms with Crippen LogP contribution in [0.5, 0.6) is 11.7 Å². The summed E-state index contributed by atoms with van der Waals surface area (Å²) in [5.41, 5.74) is 0.943. The van der Waals surface area contributed by atoms with Crippen LogP contribution in [0.15, 0.2) is 35.0 Å². The van der Waals surface area contributed by atoms with Gasteiger partial charge in [0.2, 0.25) is 12.7 Å². The van der Waals surface area contributed by atoms with E-state index in [9.17, 15) is 5.11 Å². The Labute approximate surface area is 86.5 Å². The zero-order valence-corrected chi connectivity index (χ0v) is 8.21. The van der Waals surface area contributed by atoms with E-state index in [0.717, 1.165) is 11.3 Å². The molecular formula is C10H10N2O3. The highest BCUT2D eigenvalue weighted by atomic mass is 16.6.